The fourth-order valence-electron chi connectivity index (χ4n) is 2.57. The fraction of sp³-hybridized carbons (Fsp3) is 0.375. The molecule has 7 nitrogen and oxygen atoms in total. The zero-order valence-electron chi connectivity index (χ0n) is 13.1. The Balaban J connectivity index is 2.11. The summed E-state index contributed by atoms with van der Waals surface area (Å²) < 4.78 is 26.3. The van der Waals surface area contributed by atoms with Gasteiger partial charge in [0.25, 0.3) is 5.91 Å². The molecule has 130 valence electrons. The first kappa shape index (κ1) is 18.2. The van der Waals surface area contributed by atoms with Crippen molar-refractivity contribution in [1.82, 2.24) is 9.62 Å². The molecule has 1 aliphatic rings. The van der Waals surface area contributed by atoms with Crippen LogP contribution in [0.1, 0.15) is 23.2 Å². The Hall–Kier alpha value is -2.19. The molecule has 1 amide bonds. The van der Waals surface area contributed by atoms with E-state index in [1.165, 1.54) is 35.2 Å². The van der Waals surface area contributed by atoms with E-state index in [0.29, 0.717) is 24.9 Å². The lowest BCUT2D eigenvalue weighted by atomic mass is 9.97. The summed E-state index contributed by atoms with van der Waals surface area (Å²) in [5, 5.41) is 9.09. The van der Waals surface area contributed by atoms with E-state index in [1.54, 1.807) is 0 Å². The number of aliphatic carboxylic acids is 1. The van der Waals surface area contributed by atoms with Crippen molar-refractivity contribution in [2.24, 2.45) is 5.92 Å². The molecule has 1 unspecified atom stereocenters. The van der Waals surface area contributed by atoms with Crippen LogP contribution in [0.25, 0.3) is 0 Å². The molecule has 1 aliphatic heterocycles. The number of sulfonamides is 1. The molecule has 8 heteroatoms. The third kappa shape index (κ3) is 4.21. The van der Waals surface area contributed by atoms with E-state index in [1.807, 2.05) is 0 Å². The van der Waals surface area contributed by atoms with Gasteiger partial charge in [-0.25, -0.2) is 13.1 Å². The van der Waals surface area contributed by atoms with Gasteiger partial charge in [-0.05, 0) is 37.1 Å². The number of amides is 1. The summed E-state index contributed by atoms with van der Waals surface area (Å²) in [5.41, 5.74) is 0.337. The van der Waals surface area contributed by atoms with Crippen LogP contribution in [0.5, 0.6) is 0 Å². The highest BCUT2D eigenvalue weighted by Gasteiger charge is 2.28. The largest absolute Gasteiger partial charge is 0.481 e. The first-order valence-electron chi connectivity index (χ1n) is 7.58. The fourth-order valence-corrected chi connectivity index (χ4v) is 3.57. The number of hydrogen-bond acceptors (Lipinski definition) is 4. The molecule has 24 heavy (non-hydrogen) atoms. The number of nitrogens with one attached hydrogen (secondary N) is 1. The summed E-state index contributed by atoms with van der Waals surface area (Å²) in [6, 6.07) is 5.60. The van der Waals surface area contributed by atoms with Crippen molar-refractivity contribution < 1.29 is 23.1 Å². The lowest BCUT2D eigenvalue weighted by Gasteiger charge is -2.30. The lowest BCUT2D eigenvalue weighted by molar-refractivity contribution is -0.143. The van der Waals surface area contributed by atoms with Crippen LogP contribution in [0.4, 0.5) is 0 Å². The number of carboxylic acids is 1. The van der Waals surface area contributed by atoms with Gasteiger partial charge < -0.3 is 10.0 Å². The topological polar surface area (TPSA) is 104 Å². The number of carbonyl (C=O) groups excluding carboxylic acids is 1. The predicted octanol–water partition coefficient (Wildman–Crippen LogP) is 1.09. The first-order valence-corrected chi connectivity index (χ1v) is 9.06. The summed E-state index contributed by atoms with van der Waals surface area (Å²) in [4.78, 5) is 25.1. The molecular weight excluding hydrogens is 332 g/mol. The highest BCUT2D eigenvalue weighted by molar-refractivity contribution is 7.89. The molecule has 0 saturated carbocycles. The van der Waals surface area contributed by atoms with Crippen molar-refractivity contribution in [2.45, 2.75) is 17.7 Å². The van der Waals surface area contributed by atoms with Gasteiger partial charge in [-0.15, -0.1) is 6.58 Å². The molecule has 1 aromatic carbocycles. The monoisotopic (exact) mass is 352 g/mol. The van der Waals surface area contributed by atoms with E-state index in [2.05, 4.69) is 11.3 Å². The van der Waals surface area contributed by atoms with Gasteiger partial charge in [0.15, 0.2) is 0 Å². The van der Waals surface area contributed by atoms with E-state index in [9.17, 15) is 18.0 Å². The van der Waals surface area contributed by atoms with Crippen LogP contribution >= 0.6 is 0 Å². The molecule has 1 heterocycles. The van der Waals surface area contributed by atoms with Crippen LogP contribution in [-0.2, 0) is 14.8 Å². The molecule has 2 N–H and O–H groups in total. The number of carbonyl (C=O) groups is 2. The summed E-state index contributed by atoms with van der Waals surface area (Å²) in [6.07, 6.45) is 2.64. The summed E-state index contributed by atoms with van der Waals surface area (Å²) >= 11 is 0. The van der Waals surface area contributed by atoms with Crippen molar-refractivity contribution in [2.75, 3.05) is 19.6 Å². The second-order valence-corrected chi connectivity index (χ2v) is 7.36. The predicted molar refractivity (Wildman–Crippen MR) is 88.1 cm³/mol. The van der Waals surface area contributed by atoms with Crippen LogP contribution in [0, 0.1) is 5.92 Å². The van der Waals surface area contributed by atoms with Crippen molar-refractivity contribution >= 4 is 21.9 Å². The van der Waals surface area contributed by atoms with Gasteiger partial charge in [0.05, 0.1) is 10.8 Å². The van der Waals surface area contributed by atoms with Gasteiger partial charge in [0.2, 0.25) is 10.0 Å². The second kappa shape index (κ2) is 7.59. The number of piperidine rings is 1. The van der Waals surface area contributed by atoms with E-state index in [0.717, 1.165) is 0 Å². The van der Waals surface area contributed by atoms with Crippen molar-refractivity contribution in [3.8, 4) is 0 Å². The van der Waals surface area contributed by atoms with Gasteiger partial charge in [0, 0.05) is 25.2 Å². The minimum atomic E-state index is -3.63. The molecule has 0 spiro atoms. The van der Waals surface area contributed by atoms with Crippen LogP contribution in [-0.4, -0.2) is 49.9 Å². The lowest BCUT2D eigenvalue weighted by Crippen LogP contribution is -2.42. The van der Waals surface area contributed by atoms with E-state index >= 15 is 0 Å². The Labute approximate surface area is 141 Å². The zero-order valence-corrected chi connectivity index (χ0v) is 14.0. The Kier molecular flexibility index (Phi) is 5.74. The van der Waals surface area contributed by atoms with Crippen LogP contribution < -0.4 is 4.72 Å². The molecular formula is C16H20N2O5S. The first-order chi connectivity index (χ1) is 11.3. The summed E-state index contributed by atoms with van der Waals surface area (Å²) in [7, 11) is -3.63. The molecule has 1 saturated heterocycles. The minimum Gasteiger partial charge on any atom is -0.481 e. The van der Waals surface area contributed by atoms with E-state index in [4.69, 9.17) is 5.11 Å². The Morgan fingerprint density at radius 2 is 2.00 bits per heavy atom. The van der Waals surface area contributed by atoms with Gasteiger partial charge in [-0.2, -0.15) is 0 Å². The van der Waals surface area contributed by atoms with Crippen molar-refractivity contribution in [3.63, 3.8) is 0 Å². The van der Waals surface area contributed by atoms with Crippen molar-refractivity contribution in [3.05, 3.63) is 42.5 Å². The number of rotatable bonds is 6. The Morgan fingerprint density at radius 1 is 1.33 bits per heavy atom. The van der Waals surface area contributed by atoms with E-state index in [-0.39, 0.29) is 23.9 Å². The van der Waals surface area contributed by atoms with Gasteiger partial charge in [0.1, 0.15) is 0 Å². The maximum atomic E-state index is 12.5. The van der Waals surface area contributed by atoms with Crippen LogP contribution in [0.15, 0.2) is 41.8 Å². The number of hydrogen-bond donors (Lipinski definition) is 2. The number of carboxylic acid groups (broad SMARTS) is 1. The average Bonchev–Trinajstić information content (AvgIpc) is 2.59. The smallest absolute Gasteiger partial charge is 0.308 e. The molecule has 1 atom stereocenters. The maximum absolute atomic E-state index is 12.5. The molecule has 1 aromatic rings. The third-order valence-corrected chi connectivity index (χ3v) is 5.33. The molecule has 0 aliphatic carbocycles. The van der Waals surface area contributed by atoms with E-state index < -0.39 is 21.9 Å². The molecule has 1 fully saturated rings. The number of nitrogens with zero attached hydrogens (tertiary/aromatic N) is 1. The third-order valence-electron chi connectivity index (χ3n) is 3.89. The Morgan fingerprint density at radius 3 is 2.58 bits per heavy atom. The quantitative estimate of drug-likeness (QED) is 0.746. The highest BCUT2D eigenvalue weighted by atomic mass is 32.2. The molecule has 0 bridgehead atoms. The van der Waals surface area contributed by atoms with Gasteiger partial charge >= 0.3 is 5.97 Å². The zero-order chi connectivity index (χ0) is 17.7. The number of likely N-dealkylation sites (tertiary alicyclic amines) is 1. The van der Waals surface area contributed by atoms with Gasteiger partial charge in [-0.1, -0.05) is 6.08 Å². The minimum absolute atomic E-state index is 0.0583. The summed E-state index contributed by atoms with van der Waals surface area (Å²) in [6.45, 7) is 4.24. The highest BCUT2D eigenvalue weighted by Crippen LogP contribution is 2.19. The SMILES string of the molecule is C=CCNS(=O)(=O)c1ccc(C(=O)N2CCCC(C(=O)O)C2)cc1. The van der Waals surface area contributed by atoms with Gasteiger partial charge in [-0.3, -0.25) is 9.59 Å². The van der Waals surface area contributed by atoms with Crippen LogP contribution in [0.3, 0.4) is 0 Å². The van der Waals surface area contributed by atoms with Crippen molar-refractivity contribution in [1.29, 1.82) is 0 Å². The molecule has 0 radical (unpaired) electrons. The second-order valence-electron chi connectivity index (χ2n) is 5.59. The maximum Gasteiger partial charge on any atom is 0.308 e. The Bertz CT molecular complexity index is 727. The average molecular weight is 352 g/mol. The molecule has 0 aromatic heterocycles. The summed E-state index contributed by atoms with van der Waals surface area (Å²) in [5.74, 6) is -1.74. The normalized spacial score (nSPS) is 18.2. The molecule has 2 rings (SSSR count). The number of benzene rings is 1. The van der Waals surface area contributed by atoms with Crippen LogP contribution in [0.2, 0.25) is 0 Å². The standard InChI is InChI=1S/C16H20N2O5S/c1-2-9-17-24(22,23)14-7-5-12(6-8-14)15(19)18-10-3-4-13(11-18)16(20)21/h2,5-8,13,17H,1,3-4,9-11H2,(H,20,21).